The van der Waals surface area contributed by atoms with E-state index in [0.29, 0.717) is 26.2 Å². The van der Waals surface area contributed by atoms with Gasteiger partial charge in [0, 0.05) is 52.6 Å². The molecule has 0 aliphatic carbocycles. The lowest BCUT2D eigenvalue weighted by Gasteiger charge is -2.33. The van der Waals surface area contributed by atoms with Crippen molar-refractivity contribution < 1.29 is 9.53 Å². The Hall–Kier alpha value is -1.70. The molecule has 1 aromatic heterocycles. The molecule has 23 heavy (non-hydrogen) atoms. The number of piperazine rings is 1. The molecule has 128 valence electrons. The highest BCUT2D eigenvalue weighted by molar-refractivity contribution is 5.77. The Bertz CT molecular complexity index is 472. The van der Waals surface area contributed by atoms with Crippen LogP contribution in [0.3, 0.4) is 0 Å². The quantitative estimate of drug-likeness (QED) is 0.640. The lowest BCUT2D eigenvalue weighted by molar-refractivity contribution is -0.120. The van der Waals surface area contributed by atoms with Gasteiger partial charge < -0.3 is 25.2 Å². The average Bonchev–Trinajstić information content (AvgIpc) is 2.58. The zero-order valence-corrected chi connectivity index (χ0v) is 14.0. The molecular formula is C16H27N5O2. The summed E-state index contributed by atoms with van der Waals surface area (Å²) in [6.07, 6.45) is 1.84. The van der Waals surface area contributed by atoms with Gasteiger partial charge in [-0.15, -0.1) is 0 Å². The van der Waals surface area contributed by atoms with Gasteiger partial charge in [-0.1, -0.05) is 6.07 Å². The topological polar surface area (TPSA) is 69.7 Å². The minimum atomic E-state index is -0.0238. The first-order valence-electron chi connectivity index (χ1n) is 8.04. The van der Waals surface area contributed by atoms with Gasteiger partial charge in [-0.05, 0) is 18.7 Å². The maximum Gasteiger partial charge on any atom is 0.234 e. The lowest BCUT2D eigenvalue weighted by atomic mass is 10.2. The van der Waals surface area contributed by atoms with Gasteiger partial charge in [0.25, 0.3) is 0 Å². The smallest absolute Gasteiger partial charge is 0.234 e. The fourth-order valence-corrected chi connectivity index (χ4v) is 2.38. The molecule has 0 spiro atoms. The predicted molar refractivity (Wildman–Crippen MR) is 90.5 cm³/mol. The van der Waals surface area contributed by atoms with E-state index in [2.05, 4.69) is 32.5 Å². The van der Waals surface area contributed by atoms with Gasteiger partial charge >= 0.3 is 0 Å². The highest BCUT2D eigenvalue weighted by Crippen LogP contribution is 2.13. The second-order valence-corrected chi connectivity index (χ2v) is 5.76. The van der Waals surface area contributed by atoms with E-state index in [1.54, 1.807) is 7.11 Å². The Morgan fingerprint density at radius 3 is 2.74 bits per heavy atom. The van der Waals surface area contributed by atoms with Crippen LogP contribution in [0, 0.1) is 0 Å². The first-order chi connectivity index (χ1) is 11.2. The van der Waals surface area contributed by atoms with Crippen LogP contribution in [0.2, 0.25) is 0 Å². The number of anilines is 1. The number of ether oxygens (including phenoxy) is 1. The van der Waals surface area contributed by atoms with Crippen molar-refractivity contribution in [1.82, 2.24) is 20.5 Å². The molecule has 0 radical (unpaired) electrons. The van der Waals surface area contributed by atoms with Crippen LogP contribution >= 0.6 is 0 Å². The number of pyridine rings is 1. The first kappa shape index (κ1) is 17.7. The maximum atomic E-state index is 11.7. The fraction of sp³-hybridized carbons (Fsp3) is 0.625. The standard InChI is InChI=1S/C16H27N5O2/c1-20-6-8-21(9-7-20)15-4-3-14(11-18-15)12-19-16(22)13-17-5-10-23-2/h3-4,11,17H,5-10,12-13H2,1-2H3,(H,19,22). The molecule has 0 aromatic carbocycles. The highest BCUT2D eigenvalue weighted by atomic mass is 16.5. The van der Waals surface area contributed by atoms with E-state index in [-0.39, 0.29) is 5.91 Å². The molecule has 1 aliphatic rings. The predicted octanol–water partition coefficient (Wildman–Crippen LogP) is -0.314. The maximum absolute atomic E-state index is 11.7. The van der Waals surface area contributed by atoms with Crippen LogP contribution in [0.25, 0.3) is 0 Å². The Kier molecular flexibility index (Phi) is 7.25. The third kappa shape index (κ3) is 6.13. The number of hydrogen-bond donors (Lipinski definition) is 2. The molecule has 1 fully saturated rings. The van der Waals surface area contributed by atoms with Crippen LogP contribution in [-0.2, 0) is 16.1 Å². The molecule has 0 atom stereocenters. The van der Waals surface area contributed by atoms with Crippen molar-refractivity contribution in [3.05, 3.63) is 23.9 Å². The van der Waals surface area contributed by atoms with Gasteiger partial charge in [-0.25, -0.2) is 4.98 Å². The van der Waals surface area contributed by atoms with Gasteiger partial charge in [-0.3, -0.25) is 4.79 Å². The molecule has 0 bridgehead atoms. The summed E-state index contributed by atoms with van der Waals surface area (Å²) in [5, 5.41) is 5.89. The molecule has 7 nitrogen and oxygen atoms in total. The van der Waals surface area contributed by atoms with E-state index in [1.165, 1.54) is 0 Å². The molecule has 2 heterocycles. The van der Waals surface area contributed by atoms with E-state index in [4.69, 9.17) is 4.74 Å². The number of rotatable bonds is 8. The van der Waals surface area contributed by atoms with Crippen molar-refractivity contribution in [2.75, 3.05) is 64.9 Å². The minimum Gasteiger partial charge on any atom is -0.383 e. The van der Waals surface area contributed by atoms with Crippen molar-refractivity contribution in [3.8, 4) is 0 Å². The Morgan fingerprint density at radius 1 is 1.30 bits per heavy atom. The van der Waals surface area contributed by atoms with Crippen LogP contribution in [0.1, 0.15) is 5.56 Å². The van der Waals surface area contributed by atoms with E-state index in [1.807, 2.05) is 18.3 Å². The van der Waals surface area contributed by atoms with Gasteiger partial charge in [-0.2, -0.15) is 0 Å². The summed E-state index contributed by atoms with van der Waals surface area (Å²) in [7, 11) is 3.78. The van der Waals surface area contributed by atoms with Crippen molar-refractivity contribution in [1.29, 1.82) is 0 Å². The highest BCUT2D eigenvalue weighted by Gasteiger charge is 2.14. The van der Waals surface area contributed by atoms with Crippen molar-refractivity contribution in [2.24, 2.45) is 0 Å². The minimum absolute atomic E-state index is 0.0238. The molecule has 0 saturated carbocycles. The molecule has 1 saturated heterocycles. The molecule has 1 aliphatic heterocycles. The number of nitrogens with one attached hydrogen (secondary N) is 2. The summed E-state index contributed by atoms with van der Waals surface area (Å²) < 4.78 is 4.91. The Balaban J connectivity index is 1.71. The van der Waals surface area contributed by atoms with Gasteiger partial charge in [0.2, 0.25) is 5.91 Å². The number of aromatic nitrogens is 1. The first-order valence-corrected chi connectivity index (χ1v) is 8.04. The van der Waals surface area contributed by atoms with Crippen LogP contribution in [0.15, 0.2) is 18.3 Å². The third-order valence-electron chi connectivity index (χ3n) is 3.89. The molecule has 1 aromatic rings. The van der Waals surface area contributed by atoms with Crippen molar-refractivity contribution >= 4 is 11.7 Å². The molecular weight excluding hydrogens is 294 g/mol. The summed E-state index contributed by atoms with van der Waals surface area (Å²) in [5.74, 6) is 0.985. The van der Waals surface area contributed by atoms with Crippen LogP contribution in [0.4, 0.5) is 5.82 Å². The Labute approximate surface area is 138 Å². The second kappa shape index (κ2) is 9.44. The number of carbonyl (C=O) groups is 1. The summed E-state index contributed by atoms with van der Waals surface area (Å²) in [4.78, 5) is 20.8. The van der Waals surface area contributed by atoms with Crippen LogP contribution < -0.4 is 15.5 Å². The molecule has 2 N–H and O–H groups in total. The second-order valence-electron chi connectivity index (χ2n) is 5.76. The van der Waals surface area contributed by atoms with Gasteiger partial charge in [0.1, 0.15) is 5.82 Å². The molecule has 0 unspecified atom stereocenters. The molecule has 7 heteroatoms. The number of carbonyl (C=O) groups excluding carboxylic acids is 1. The van der Waals surface area contributed by atoms with Crippen molar-refractivity contribution in [3.63, 3.8) is 0 Å². The SMILES string of the molecule is COCCNCC(=O)NCc1ccc(N2CCN(C)CC2)nc1. The van der Waals surface area contributed by atoms with Gasteiger partial charge in [0.05, 0.1) is 13.2 Å². The van der Waals surface area contributed by atoms with E-state index >= 15 is 0 Å². The van der Waals surface area contributed by atoms with E-state index in [0.717, 1.165) is 37.6 Å². The summed E-state index contributed by atoms with van der Waals surface area (Å²) >= 11 is 0. The summed E-state index contributed by atoms with van der Waals surface area (Å²) in [5.41, 5.74) is 1.01. The van der Waals surface area contributed by atoms with Crippen LogP contribution in [-0.4, -0.2) is 75.8 Å². The normalized spacial score (nSPS) is 15.7. The number of methoxy groups -OCH3 is 1. The van der Waals surface area contributed by atoms with Crippen molar-refractivity contribution in [2.45, 2.75) is 6.54 Å². The van der Waals surface area contributed by atoms with E-state index < -0.39 is 0 Å². The molecule has 2 rings (SSSR count). The zero-order valence-electron chi connectivity index (χ0n) is 14.0. The number of likely N-dealkylation sites (N-methyl/N-ethyl adjacent to an activating group) is 1. The monoisotopic (exact) mass is 321 g/mol. The van der Waals surface area contributed by atoms with Crippen LogP contribution in [0.5, 0.6) is 0 Å². The Morgan fingerprint density at radius 2 is 2.09 bits per heavy atom. The average molecular weight is 321 g/mol. The summed E-state index contributed by atoms with van der Waals surface area (Å²) in [6.45, 7) is 6.22. The number of amides is 1. The van der Waals surface area contributed by atoms with E-state index in [9.17, 15) is 4.79 Å². The third-order valence-corrected chi connectivity index (χ3v) is 3.89. The number of nitrogens with zero attached hydrogens (tertiary/aromatic N) is 3. The fourth-order valence-electron chi connectivity index (χ4n) is 2.38. The number of hydrogen-bond acceptors (Lipinski definition) is 6. The molecule has 1 amide bonds. The lowest BCUT2D eigenvalue weighted by Crippen LogP contribution is -2.44. The summed E-state index contributed by atoms with van der Waals surface area (Å²) in [6, 6.07) is 4.06. The largest absolute Gasteiger partial charge is 0.383 e. The van der Waals surface area contributed by atoms with Gasteiger partial charge in [0.15, 0.2) is 0 Å². The zero-order chi connectivity index (χ0) is 16.5.